The van der Waals surface area contributed by atoms with Gasteiger partial charge < -0.3 is 9.47 Å². The second kappa shape index (κ2) is 6.82. The van der Waals surface area contributed by atoms with Gasteiger partial charge in [-0.25, -0.2) is 4.39 Å². The first-order chi connectivity index (χ1) is 7.74. The molecular formula is C12H15FO3. The third-order valence-electron chi connectivity index (χ3n) is 1.89. The molecule has 1 aromatic carbocycles. The second-order valence-corrected chi connectivity index (χ2v) is 3.25. The van der Waals surface area contributed by atoms with Crippen molar-refractivity contribution in [2.75, 3.05) is 13.2 Å². The Labute approximate surface area is 94.2 Å². The molecule has 4 heteroatoms. The maximum atomic E-state index is 13.1. The number of esters is 1. The molecule has 0 fully saturated rings. The largest absolute Gasteiger partial charge is 0.487 e. The minimum atomic E-state index is -0.414. The van der Waals surface area contributed by atoms with Crippen molar-refractivity contribution in [3.63, 3.8) is 0 Å². The fraction of sp³-hybridized carbons (Fsp3) is 0.417. The lowest BCUT2D eigenvalue weighted by atomic mass is 10.3. The molecule has 0 saturated heterocycles. The molecule has 0 spiro atoms. The molecule has 1 rings (SSSR count). The van der Waals surface area contributed by atoms with Gasteiger partial charge in [0.2, 0.25) is 0 Å². The van der Waals surface area contributed by atoms with Gasteiger partial charge in [-0.1, -0.05) is 19.1 Å². The Hall–Kier alpha value is -1.58. The Morgan fingerprint density at radius 1 is 1.31 bits per heavy atom. The lowest BCUT2D eigenvalue weighted by molar-refractivity contribution is -0.144. The first-order valence-corrected chi connectivity index (χ1v) is 5.27. The van der Waals surface area contributed by atoms with Gasteiger partial charge in [-0.2, -0.15) is 0 Å². The fourth-order valence-corrected chi connectivity index (χ4v) is 1.15. The monoisotopic (exact) mass is 226 g/mol. The van der Waals surface area contributed by atoms with Crippen molar-refractivity contribution in [2.24, 2.45) is 0 Å². The summed E-state index contributed by atoms with van der Waals surface area (Å²) in [5, 5.41) is 0. The number of carbonyl (C=O) groups is 1. The van der Waals surface area contributed by atoms with Gasteiger partial charge in [-0.05, 0) is 18.6 Å². The molecule has 3 nitrogen and oxygen atoms in total. The maximum absolute atomic E-state index is 13.1. The summed E-state index contributed by atoms with van der Waals surface area (Å²) >= 11 is 0. The highest BCUT2D eigenvalue weighted by Gasteiger charge is 2.03. The van der Waals surface area contributed by atoms with Gasteiger partial charge in [-0.15, -0.1) is 0 Å². The number of rotatable bonds is 6. The van der Waals surface area contributed by atoms with Gasteiger partial charge in [0.15, 0.2) is 11.6 Å². The quantitative estimate of drug-likeness (QED) is 0.552. The van der Waals surface area contributed by atoms with E-state index >= 15 is 0 Å². The molecule has 0 aromatic heterocycles. The lowest BCUT2D eigenvalue weighted by Gasteiger charge is -2.07. The Kier molecular flexibility index (Phi) is 5.32. The molecule has 0 unspecified atom stereocenters. The Balaban J connectivity index is 2.21. The summed E-state index contributed by atoms with van der Waals surface area (Å²) in [4.78, 5) is 11.0. The molecule has 0 saturated carbocycles. The zero-order chi connectivity index (χ0) is 11.8. The van der Waals surface area contributed by atoms with E-state index in [0.717, 1.165) is 6.42 Å². The van der Waals surface area contributed by atoms with Crippen molar-refractivity contribution >= 4 is 5.97 Å². The van der Waals surface area contributed by atoms with E-state index in [4.69, 9.17) is 9.47 Å². The lowest BCUT2D eigenvalue weighted by Crippen LogP contribution is -2.12. The minimum Gasteiger partial charge on any atom is -0.487 e. The smallest absolute Gasteiger partial charge is 0.305 e. The van der Waals surface area contributed by atoms with Gasteiger partial charge in [0.05, 0.1) is 0 Å². The molecular weight excluding hydrogens is 211 g/mol. The SMILES string of the molecule is CCCC(=O)OCCOc1ccccc1F. The average molecular weight is 226 g/mol. The van der Waals surface area contributed by atoms with E-state index in [1.165, 1.54) is 12.1 Å². The number of hydrogen-bond acceptors (Lipinski definition) is 3. The highest BCUT2D eigenvalue weighted by atomic mass is 19.1. The maximum Gasteiger partial charge on any atom is 0.305 e. The minimum absolute atomic E-state index is 0.146. The van der Waals surface area contributed by atoms with Crippen molar-refractivity contribution in [1.82, 2.24) is 0 Å². The standard InChI is InChI=1S/C12H15FO3/c1-2-5-12(14)16-9-8-15-11-7-4-3-6-10(11)13/h3-4,6-7H,2,5,8-9H2,1H3. The summed E-state index contributed by atoms with van der Waals surface area (Å²) in [6, 6.07) is 6.12. The molecule has 0 atom stereocenters. The number of para-hydroxylation sites is 1. The first-order valence-electron chi connectivity index (χ1n) is 5.27. The topological polar surface area (TPSA) is 35.5 Å². The number of halogens is 1. The molecule has 0 aliphatic heterocycles. The van der Waals surface area contributed by atoms with Crippen molar-refractivity contribution in [3.8, 4) is 5.75 Å². The zero-order valence-electron chi connectivity index (χ0n) is 9.24. The summed E-state index contributed by atoms with van der Waals surface area (Å²) in [7, 11) is 0. The van der Waals surface area contributed by atoms with Crippen LogP contribution in [0.4, 0.5) is 4.39 Å². The normalized spacial score (nSPS) is 9.88. The molecule has 0 aliphatic carbocycles. The average Bonchev–Trinajstić information content (AvgIpc) is 2.27. The predicted octanol–water partition coefficient (Wildman–Crippen LogP) is 2.55. The molecule has 0 bridgehead atoms. The number of ether oxygens (including phenoxy) is 2. The molecule has 88 valence electrons. The van der Waals surface area contributed by atoms with Crippen LogP contribution in [-0.4, -0.2) is 19.2 Å². The molecule has 16 heavy (non-hydrogen) atoms. The van der Waals surface area contributed by atoms with Crippen LogP contribution in [0, 0.1) is 5.82 Å². The highest BCUT2D eigenvalue weighted by Crippen LogP contribution is 2.14. The van der Waals surface area contributed by atoms with Gasteiger partial charge in [-0.3, -0.25) is 4.79 Å². The highest BCUT2D eigenvalue weighted by molar-refractivity contribution is 5.69. The summed E-state index contributed by atoms with van der Waals surface area (Å²) in [6.45, 7) is 2.21. The second-order valence-electron chi connectivity index (χ2n) is 3.25. The molecule has 0 amide bonds. The van der Waals surface area contributed by atoms with Crippen LogP contribution in [0.25, 0.3) is 0 Å². The number of hydrogen-bond donors (Lipinski definition) is 0. The molecule has 0 N–H and O–H groups in total. The van der Waals surface area contributed by atoms with Crippen molar-refractivity contribution in [2.45, 2.75) is 19.8 Å². The van der Waals surface area contributed by atoms with Crippen LogP contribution in [0.1, 0.15) is 19.8 Å². The summed E-state index contributed by atoms with van der Waals surface area (Å²) < 4.78 is 23.0. The van der Waals surface area contributed by atoms with Gasteiger partial charge in [0.25, 0.3) is 0 Å². The van der Waals surface area contributed by atoms with E-state index in [2.05, 4.69) is 0 Å². The van der Waals surface area contributed by atoms with Crippen LogP contribution < -0.4 is 4.74 Å². The van der Waals surface area contributed by atoms with Gasteiger partial charge in [0, 0.05) is 6.42 Å². The third kappa shape index (κ3) is 4.29. The summed E-state index contributed by atoms with van der Waals surface area (Å²) in [5.41, 5.74) is 0. The van der Waals surface area contributed by atoms with E-state index in [1.807, 2.05) is 6.92 Å². The molecule has 0 aliphatic rings. The Morgan fingerprint density at radius 3 is 2.75 bits per heavy atom. The van der Waals surface area contributed by atoms with Gasteiger partial charge >= 0.3 is 5.97 Å². The van der Waals surface area contributed by atoms with Crippen LogP contribution >= 0.6 is 0 Å². The van der Waals surface area contributed by atoms with E-state index in [0.29, 0.717) is 6.42 Å². The summed E-state index contributed by atoms with van der Waals surface area (Å²) in [5.74, 6) is -0.490. The van der Waals surface area contributed by atoms with E-state index < -0.39 is 5.82 Å². The molecule has 1 aromatic rings. The number of carbonyl (C=O) groups excluding carboxylic acids is 1. The van der Waals surface area contributed by atoms with E-state index in [1.54, 1.807) is 12.1 Å². The van der Waals surface area contributed by atoms with Crippen molar-refractivity contribution in [1.29, 1.82) is 0 Å². The Bertz CT molecular complexity index is 339. The molecule has 0 radical (unpaired) electrons. The van der Waals surface area contributed by atoms with E-state index in [-0.39, 0.29) is 24.9 Å². The predicted molar refractivity (Wildman–Crippen MR) is 57.8 cm³/mol. The van der Waals surface area contributed by atoms with Crippen LogP contribution in [0.2, 0.25) is 0 Å². The zero-order valence-corrected chi connectivity index (χ0v) is 9.24. The van der Waals surface area contributed by atoms with E-state index in [9.17, 15) is 9.18 Å². The van der Waals surface area contributed by atoms with Crippen LogP contribution in [0.5, 0.6) is 5.75 Å². The van der Waals surface area contributed by atoms with Gasteiger partial charge in [0.1, 0.15) is 13.2 Å². The summed E-state index contributed by atoms with van der Waals surface area (Å²) in [6.07, 6.45) is 1.16. The van der Waals surface area contributed by atoms with Crippen LogP contribution in [-0.2, 0) is 9.53 Å². The fourth-order valence-electron chi connectivity index (χ4n) is 1.15. The third-order valence-corrected chi connectivity index (χ3v) is 1.89. The Morgan fingerprint density at radius 2 is 2.06 bits per heavy atom. The van der Waals surface area contributed by atoms with Crippen LogP contribution in [0.15, 0.2) is 24.3 Å². The first kappa shape index (κ1) is 12.5. The molecule has 0 heterocycles. The van der Waals surface area contributed by atoms with Crippen molar-refractivity contribution < 1.29 is 18.7 Å². The van der Waals surface area contributed by atoms with Crippen LogP contribution in [0.3, 0.4) is 0 Å². The number of benzene rings is 1. The van der Waals surface area contributed by atoms with Crippen molar-refractivity contribution in [3.05, 3.63) is 30.1 Å².